The van der Waals surface area contributed by atoms with Crippen LogP contribution in [0, 0.1) is 10.8 Å². The van der Waals surface area contributed by atoms with E-state index >= 15 is 0 Å². The number of halogens is 2. The van der Waals surface area contributed by atoms with Crippen LogP contribution in [0.15, 0.2) is 53.5 Å². The van der Waals surface area contributed by atoms with Crippen molar-refractivity contribution < 1.29 is 13.9 Å². The van der Waals surface area contributed by atoms with E-state index in [2.05, 4.69) is 41.9 Å². The minimum absolute atomic E-state index is 0.0271. The van der Waals surface area contributed by atoms with Gasteiger partial charge in [0, 0.05) is 48.0 Å². The number of benzene rings is 1. The lowest BCUT2D eigenvalue weighted by atomic mass is 9.41. The number of anilines is 1. The topological polar surface area (TPSA) is 81.1 Å². The average Bonchev–Trinajstić information content (AvgIpc) is 2.95. The number of aromatic nitrogens is 4. The number of carbonyl (C=O) groups is 1. The van der Waals surface area contributed by atoms with Gasteiger partial charge in [0.2, 0.25) is 5.91 Å². The second-order valence-corrected chi connectivity index (χ2v) is 13.5. The zero-order valence-electron chi connectivity index (χ0n) is 22.7. The summed E-state index contributed by atoms with van der Waals surface area (Å²) in [6, 6.07) is 8.40. The van der Waals surface area contributed by atoms with Gasteiger partial charge < -0.3 is 9.64 Å². The molecule has 0 aliphatic heterocycles. The van der Waals surface area contributed by atoms with E-state index in [-0.39, 0.29) is 16.7 Å². The van der Waals surface area contributed by atoms with Gasteiger partial charge in [0.1, 0.15) is 11.5 Å². The Hall–Kier alpha value is -2.94. The smallest absolute Gasteiger partial charge is 0.316 e. The highest BCUT2D eigenvalue weighted by Crippen LogP contribution is 2.70. The predicted molar refractivity (Wildman–Crippen MR) is 153 cm³/mol. The molecular weight excluding hydrogens is 573 g/mol. The van der Waals surface area contributed by atoms with Crippen LogP contribution in [0.3, 0.4) is 0 Å². The Morgan fingerprint density at radius 3 is 2.20 bits per heavy atom. The summed E-state index contributed by atoms with van der Waals surface area (Å²) in [6.45, 7) is 3.07. The van der Waals surface area contributed by atoms with E-state index < -0.39 is 11.1 Å². The molecule has 40 heavy (non-hydrogen) atoms. The van der Waals surface area contributed by atoms with Crippen LogP contribution in [0.5, 0.6) is 6.01 Å². The fourth-order valence-electron chi connectivity index (χ4n) is 7.74. The standard InChI is InChI=1S/C31H33BrFN5O2/c1-2-40-27-36-13-22(14-37-27)21-4-3-5-24(12-21)38(26(39)30-17-31(33,18-30)19-30)20-28-6-9-29(10-7-28,11-8-28)25-34-15-23(32)16-35-25/h3-5,12-16H,2,6-11,17-20H2,1H3. The van der Waals surface area contributed by atoms with Gasteiger partial charge in [-0.15, -0.1) is 0 Å². The van der Waals surface area contributed by atoms with Gasteiger partial charge in [-0.05, 0) is 104 Å². The molecule has 9 heteroatoms. The number of rotatable bonds is 8. The quantitative estimate of drug-likeness (QED) is 0.287. The summed E-state index contributed by atoms with van der Waals surface area (Å²) in [5, 5.41) is 0. The maximum absolute atomic E-state index is 14.5. The van der Waals surface area contributed by atoms with Crippen LogP contribution in [0.2, 0.25) is 0 Å². The van der Waals surface area contributed by atoms with Gasteiger partial charge in [-0.25, -0.2) is 24.3 Å². The van der Waals surface area contributed by atoms with Gasteiger partial charge >= 0.3 is 6.01 Å². The van der Waals surface area contributed by atoms with Crippen molar-refractivity contribution in [2.24, 2.45) is 10.8 Å². The number of fused-ring (bicyclic) bond motifs is 3. The monoisotopic (exact) mass is 605 g/mol. The predicted octanol–water partition coefficient (Wildman–Crippen LogP) is 6.61. The fourth-order valence-corrected chi connectivity index (χ4v) is 7.94. The first kappa shape index (κ1) is 26.0. The molecule has 3 aromatic rings. The molecule has 1 amide bonds. The molecular formula is C31H33BrFN5O2. The van der Waals surface area contributed by atoms with Gasteiger partial charge in [-0.1, -0.05) is 12.1 Å². The van der Waals surface area contributed by atoms with E-state index in [1.807, 2.05) is 42.4 Å². The van der Waals surface area contributed by atoms with E-state index in [0.29, 0.717) is 38.4 Å². The minimum atomic E-state index is -1.12. The van der Waals surface area contributed by atoms with Crippen LogP contribution in [0.25, 0.3) is 11.1 Å². The molecule has 6 fully saturated rings. The summed E-state index contributed by atoms with van der Waals surface area (Å²) >= 11 is 3.45. The van der Waals surface area contributed by atoms with Crippen LogP contribution in [-0.4, -0.2) is 44.7 Å². The molecule has 6 aliphatic carbocycles. The minimum Gasteiger partial charge on any atom is -0.464 e. The summed E-state index contributed by atoms with van der Waals surface area (Å²) in [6.07, 6.45) is 14.4. The molecule has 2 aromatic heterocycles. The summed E-state index contributed by atoms with van der Waals surface area (Å²) in [5.74, 6) is 1.03. The molecule has 0 atom stereocenters. The highest BCUT2D eigenvalue weighted by Gasteiger charge is 2.73. The van der Waals surface area contributed by atoms with Crippen molar-refractivity contribution >= 4 is 27.5 Å². The number of hydrogen-bond acceptors (Lipinski definition) is 6. The van der Waals surface area contributed by atoms with Crippen molar-refractivity contribution in [3.05, 3.63) is 59.3 Å². The second-order valence-electron chi connectivity index (χ2n) is 12.6. The van der Waals surface area contributed by atoms with Crippen molar-refractivity contribution in [3.63, 3.8) is 0 Å². The SMILES string of the molecule is CCOc1ncc(-c2cccc(N(CC34CCC(c5ncc(Br)cn5)(CC3)CC4)C(=O)C34CC(F)(C3)C4)c2)cn1. The number of nitrogens with zero attached hydrogens (tertiary/aromatic N) is 5. The first-order valence-electron chi connectivity index (χ1n) is 14.3. The Morgan fingerprint density at radius 2 is 1.60 bits per heavy atom. The lowest BCUT2D eigenvalue weighted by molar-refractivity contribution is -0.211. The largest absolute Gasteiger partial charge is 0.464 e. The second kappa shape index (κ2) is 9.29. The molecule has 0 spiro atoms. The van der Waals surface area contributed by atoms with Gasteiger partial charge in [0.05, 0.1) is 16.5 Å². The van der Waals surface area contributed by atoms with Gasteiger partial charge in [0.15, 0.2) is 0 Å². The highest BCUT2D eigenvalue weighted by molar-refractivity contribution is 9.10. The Labute approximate surface area is 242 Å². The van der Waals surface area contributed by atoms with Gasteiger partial charge in [0.25, 0.3) is 0 Å². The Morgan fingerprint density at radius 1 is 0.950 bits per heavy atom. The molecule has 7 nitrogen and oxygen atoms in total. The molecule has 6 saturated carbocycles. The number of amides is 1. The van der Waals surface area contributed by atoms with E-state index in [1.165, 1.54) is 0 Å². The van der Waals surface area contributed by atoms with Crippen LogP contribution >= 0.6 is 15.9 Å². The molecule has 4 bridgehead atoms. The summed E-state index contributed by atoms with van der Waals surface area (Å²) in [7, 11) is 0. The average molecular weight is 607 g/mol. The molecule has 0 unspecified atom stereocenters. The Balaban J connectivity index is 1.16. The molecule has 9 rings (SSSR count). The van der Waals surface area contributed by atoms with E-state index in [4.69, 9.17) is 4.74 Å². The first-order valence-corrected chi connectivity index (χ1v) is 15.1. The normalized spacial score (nSPS) is 31.7. The number of carbonyl (C=O) groups excluding carboxylic acids is 1. The summed E-state index contributed by atoms with van der Waals surface area (Å²) in [4.78, 5) is 34.1. The van der Waals surface area contributed by atoms with Crippen molar-refractivity contribution in [1.82, 2.24) is 19.9 Å². The van der Waals surface area contributed by atoms with E-state index in [0.717, 1.165) is 65.6 Å². The van der Waals surface area contributed by atoms with Gasteiger partial charge in [-0.3, -0.25) is 4.79 Å². The molecule has 6 aliphatic rings. The number of hydrogen-bond donors (Lipinski definition) is 0. The van der Waals surface area contributed by atoms with Crippen molar-refractivity contribution in [3.8, 4) is 17.1 Å². The third-order valence-electron chi connectivity index (χ3n) is 10.0. The zero-order chi connectivity index (χ0) is 27.6. The highest BCUT2D eigenvalue weighted by atomic mass is 79.9. The molecule has 0 N–H and O–H groups in total. The first-order chi connectivity index (χ1) is 19.3. The number of ether oxygens (including phenoxy) is 1. The van der Waals surface area contributed by atoms with Crippen LogP contribution in [0.4, 0.5) is 10.1 Å². The summed E-state index contributed by atoms with van der Waals surface area (Å²) in [5.41, 5.74) is 1.07. The number of alkyl halides is 1. The van der Waals surface area contributed by atoms with Crippen LogP contribution in [0.1, 0.15) is 70.5 Å². The maximum atomic E-state index is 14.5. The molecule has 0 radical (unpaired) electrons. The lowest BCUT2D eigenvalue weighted by Gasteiger charge is -2.65. The van der Waals surface area contributed by atoms with Gasteiger partial charge in [-0.2, -0.15) is 0 Å². The van der Waals surface area contributed by atoms with E-state index in [1.54, 1.807) is 12.4 Å². The maximum Gasteiger partial charge on any atom is 0.316 e. The van der Waals surface area contributed by atoms with Crippen molar-refractivity contribution in [2.45, 2.75) is 75.8 Å². The third-order valence-corrected chi connectivity index (χ3v) is 10.5. The molecule has 0 saturated heterocycles. The molecule has 1 aromatic carbocycles. The van der Waals surface area contributed by atoms with Crippen LogP contribution in [-0.2, 0) is 10.2 Å². The fraction of sp³-hybridized carbons (Fsp3) is 0.516. The lowest BCUT2D eigenvalue weighted by Crippen LogP contribution is -2.71. The van der Waals surface area contributed by atoms with Crippen LogP contribution < -0.4 is 9.64 Å². The molecule has 208 valence electrons. The Bertz CT molecular complexity index is 1400. The Kier molecular flexibility index (Phi) is 6.04. The summed E-state index contributed by atoms with van der Waals surface area (Å²) < 4.78 is 20.8. The van der Waals surface area contributed by atoms with Crippen molar-refractivity contribution in [1.29, 1.82) is 0 Å². The zero-order valence-corrected chi connectivity index (χ0v) is 24.3. The van der Waals surface area contributed by atoms with E-state index in [9.17, 15) is 9.18 Å². The van der Waals surface area contributed by atoms with Crippen molar-refractivity contribution in [2.75, 3.05) is 18.1 Å². The molecule has 2 heterocycles. The third kappa shape index (κ3) is 4.23.